The summed E-state index contributed by atoms with van der Waals surface area (Å²) in [6.07, 6.45) is 4.70. The van der Waals surface area contributed by atoms with E-state index in [1.807, 2.05) is 37.3 Å². The fourth-order valence-electron chi connectivity index (χ4n) is 3.22. The zero-order valence-corrected chi connectivity index (χ0v) is 15.3. The van der Waals surface area contributed by atoms with Gasteiger partial charge in [-0.15, -0.1) is 0 Å². The second-order valence-electron chi connectivity index (χ2n) is 6.43. The van der Waals surface area contributed by atoms with Gasteiger partial charge >= 0.3 is 5.56 Å². The minimum absolute atomic E-state index is 0.0952. The van der Waals surface area contributed by atoms with E-state index in [9.17, 15) is 4.79 Å². The molecule has 5 aromatic rings. The van der Waals surface area contributed by atoms with Gasteiger partial charge in [-0.3, -0.25) is 9.36 Å². The number of rotatable bonds is 4. The molecule has 4 N–H and O–H groups in total. The van der Waals surface area contributed by atoms with Gasteiger partial charge < -0.3 is 16.0 Å². The minimum Gasteiger partial charge on any atom is -0.368 e. The number of hydrogen-bond acceptors (Lipinski definition) is 8. The summed E-state index contributed by atoms with van der Waals surface area (Å²) in [5, 5.41) is 7.88. The lowest BCUT2D eigenvalue weighted by Gasteiger charge is -2.19. The summed E-state index contributed by atoms with van der Waals surface area (Å²) >= 11 is 0. The highest BCUT2D eigenvalue weighted by Gasteiger charge is 2.20. The van der Waals surface area contributed by atoms with Gasteiger partial charge in [-0.05, 0) is 19.1 Å². The van der Waals surface area contributed by atoms with E-state index in [2.05, 4.69) is 35.3 Å². The zero-order valence-electron chi connectivity index (χ0n) is 15.3. The predicted molar refractivity (Wildman–Crippen MR) is 107 cm³/mol. The molecule has 0 saturated heterocycles. The molecular weight excluding hydrogens is 372 g/mol. The summed E-state index contributed by atoms with van der Waals surface area (Å²) in [6, 6.07) is 8.88. The third-order valence-electron chi connectivity index (χ3n) is 4.51. The number of nitrogen functional groups attached to an aromatic ring is 1. The number of fused-ring (bicyclic) bond motifs is 2. The topological polar surface area (TPSA) is 145 Å². The Morgan fingerprint density at radius 1 is 1.17 bits per heavy atom. The molecule has 1 aromatic carbocycles. The molecule has 11 heteroatoms. The van der Waals surface area contributed by atoms with Gasteiger partial charge in [0.2, 0.25) is 11.6 Å². The van der Waals surface area contributed by atoms with Crippen molar-refractivity contribution in [1.82, 2.24) is 39.1 Å². The van der Waals surface area contributed by atoms with Crippen molar-refractivity contribution in [3.8, 4) is 5.69 Å². The van der Waals surface area contributed by atoms with Crippen molar-refractivity contribution < 1.29 is 0 Å². The average Bonchev–Trinajstić information content (AvgIpc) is 3.37. The zero-order chi connectivity index (χ0) is 20.0. The highest BCUT2D eigenvalue weighted by atomic mass is 16.1. The van der Waals surface area contributed by atoms with Crippen molar-refractivity contribution in [1.29, 1.82) is 0 Å². The first kappa shape index (κ1) is 16.9. The molecule has 0 radical (unpaired) electrons. The molecule has 0 aliphatic carbocycles. The van der Waals surface area contributed by atoms with E-state index in [1.54, 1.807) is 12.4 Å². The second-order valence-corrected chi connectivity index (χ2v) is 6.43. The summed E-state index contributed by atoms with van der Waals surface area (Å²) in [6.45, 7) is 1.88. The molecule has 11 nitrogen and oxygen atoms in total. The van der Waals surface area contributed by atoms with Crippen LogP contribution >= 0.6 is 0 Å². The van der Waals surface area contributed by atoms with Crippen LogP contribution in [0, 0.1) is 0 Å². The normalized spacial score (nSPS) is 12.4. The van der Waals surface area contributed by atoms with Gasteiger partial charge in [0, 0.05) is 12.4 Å². The van der Waals surface area contributed by atoms with Crippen LogP contribution in [0.5, 0.6) is 0 Å². The van der Waals surface area contributed by atoms with Gasteiger partial charge in [-0.25, -0.2) is 14.5 Å². The van der Waals surface area contributed by atoms with Crippen molar-refractivity contribution >= 4 is 28.6 Å². The Morgan fingerprint density at radius 2 is 2.00 bits per heavy atom. The quantitative estimate of drug-likeness (QED) is 0.418. The van der Waals surface area contributed by atoms with Gasteiger partial charge in [-0.1, -0.05) is 18.2 Å². The molecule has 0 aliphatic heterocycles. The van der Waals surface area contributed by atoms with Crippen LogP contribution in [-0.4, -0.2) is 39.1 Å². The van der Waals surface area contributed by atoms with Crippen LogP contribution in [0.25, 0.3) is 22.5 Å². The molecule has 0 saturated carbocycles. The summed E-state index contributed by atoms with van der Waals surface area (Å²) in [5.41, 5.74) is 7.53. The van der Waals surface area contributed by atoms with Crippen molar-refractivity contribution in [2.75, 3.05) is 11.1 Å². The SMILES string of the molecule is C[C@H](Nc1nc(N)nc2nc[nH]c12)c1nn2ccnc2c(=O)n1-c1ccccc1. The van der Waals surface area contributed by atoms with Gasteiger partial charge in [-0.2, -0.15) is 15.1 Å². The van der Waals surface area contributed by atoms with E-state index in [1.165, 1.54) is 15.4 Å². The number of nitrogens with one attached hydrogen (secondary N) is 2. The summed E-state index contributed by atoms with van der Waals surface area (Å²) in [7, 11) is 0. The molecule has 144 valence electrons. The summed E-state index contributed by atoms with van der Waals surface area (Å²) in [5.74, 6) is 1.05. The number of imidazole rings is 2. The number of aromatic nitrogens is 8. The number of anilines is 2. The van der Waals surface area contributed by atoms with Crippen LogP contribution in [0.3, 0.4) is 0 Å². The Labute approximate surface area is 163 Å². The number of nitrogens with zero attached hydrogens (tertiary/aromatic N) is 7. The lowest BCUT2D eigenvalue weighted by molar-refractivity contribution is 0.671. The van der Waals surface area contributed by atoms with Crippen LogP contribution in [0.1, 0.15) is 18.8 Å². The molecule has 0 aliphatic rings. The number of H-pyrrole nitrogens is 1. The molecule has 4 heterocycles. The summed E-state index contributed by atoms with van der Waals surface area (Å²) in [4.78, 5) is 32.8. The monoisotopic (exact) mass is 388 g/mol. The van der Waals surface area contributed by atoms with Gasteiger partial charge in [0.1, 0.15) is 5.52 Å². The lowest BCUT2D eigenvalue weighted by Crippen LogP contribution is -2.29. The van der Waals surface area contributed by atoms with Gasteiger partial charge in [0.25, 0.3) is 0 Å². The Balaban J connectivity index is 1.67. The number of benzene rings is 1. The van der Waals surface area contributed by atoms with Crippen LogP contribution in [0.2, 0.25) is 0 Å². The van der Waals surface area contributed by atoms with Crippen molar-refractivity contribution in [3.63, 3.8) is 0 Å². The predicted octanol–water partition coefficient (Wildman–Crippen LogP) is 1.30. The molecule has 0 unspecified atom stereocenters. The maximum atomic E-state index is 13.1. The van der Waals surface area contributed by atoms with Crippen molar-refractivity contribution in [2.45, 2.75) is 13.0 Å². The van der Waals surface area contributed by atoms with Crippen LogP contribution in [0.15, 0.2) is 53.8 Å². The number of aromatic amines is 1. The maximum Gasteiger partial charge on any atom is 0.301 e. The Hall–Kier alpha value is -4.28. The average molecular weight is 388 g/mol. The third-order valence-corrected chi connectivity index (χ3v) is 4.51. The van der Waals surface area contributed by atoms with Crippen LogP contribution in [0.4, 0.5) is 11.8 Å². The standard InChI is InChI=1S/C18H16N10O/c1-10(23-14-12-13(22-9-21-12)24-18(19)25-14)15-26-27-8-7-20-16(27)17(29)28(15)11-5-3-2-4-6-11/h2-10H,1H3,(H4,19,21,22,23,24,25)/t10-/m0/s1. The Morgan fingerprint density at radius 3 is 2.83 bits per heavy atom. The van der Waals surface area contributed by atoms with Crippen molar-refractivity contribution in [2.24, 2.45) is 0 Å². The Bertz CT molecular complexity index is 1380. The third kappa shape index (κ3) is 2.76. The van der Waals surface area contributed by atoms with Gasteiger partial charge in [0.05, 0.1) is 18.1 Å². The van der Waals surface area contributed by atoms with E-state index < -0.39 is 6.04 Å². The van der Waals surface area contributed by atoms with Crippen LogP contribution < -0.4 is 16.6 Å². The smallest absolute Gasteiger partial charge is 0.301 e. The molecule has 0 spiro atoms. The van der Waals surface area contributed by atoms with Crippen LogP contribution in [-0.2, 0) is 0 Å². The maximum absolute atomic E-state index is 13.1. The molecule has 0 bridgehead atoms. The van der Waals surface area contributed by atoms with Gasteiger partial charge in [0.15, 0.2) is 17.3 Å². The molecule has 0 amide bonds. The first-order chi connectivity index (χ1) is 14.1. The highest BCUT2D eigenvalue weighted by molar-refractivity contribution is 5.83. The number of nitrogens with two attached hydrogens (primary N) is 1. The lowest BCUT2D eigenvalue weighted by atomic mass is 10.2. The molecule has 29 heavy (non-hydrogen) atoms. The molecular formula is C18H16N10O. The van der Waals surface area contributed by atoms with E-state index in [0.29, 0.717) is 28.5 Å². The fraction of sp³-hybridized carbons (Fsp3) is 0.111. The minimum atomic E-state index is -0.407. The molecule has 0 fully saturated rings. The van der Waals surface area contributed by atoms with E-state index in [4.69, 9.17) is 5.73 Å². The van der Waals surface area contributed by atoms with E-state index >= 15 is 0 Å². The Kier molecular flexibility index (Phi) is 3.72. The first-order valence-electron chi connectivity index (χ1n) is 8.86. The number of hydrogen-bond donors (Lipinski definition) is 3. The first-order valence-corrected chi connectivity index (χ1v) is 8.86. The second kappa shape index (κ2) is 6.41. The van der Waals surface area contributed by atoms with E-state index in [-0.39, 0.29) is 17.2 Å². The van der Waals surface area contributed by atoms with Crippen molar-refractivity contribution in [3.05, 3.63) is 65.2 Å². The summed E-state index contributed by atoms with van der Waals surface area (Å²) < 4.78 is 3.00. The molecule has 4 aromatic heterocycles. The molecule has 5 rings (SSSR count). The fourth-order valence-corrected chi connectivity index (χ4v) is 3.22. The number of para-hydroxylation sites is 1. The largest absolute Gasteiger partial charge is 0.368 e. The van der Waals surface area contributed by atoms with E-state index in [0.717, 1.165) is 0 Å². The highest BCUT2D eigenvalue weighted by Crippen LogP contribution is 2.23. The molecule has 1 atom stereocenters.